The lowest BCUT2D eigenvalue weighted by Crippen LogP contribution is -2.08. The molecule has 0 amide bonds. The van der Waals surface area contributed by atoms with Gasteiger partial charge in [0.2, 0.25) is 0 Å². The van der Waals surface area contributed by atoms with Crippen molar-refractivity contribution in [2.45, 2.75) is 25.3 Å². The van der Waals surface area contributed by atoms with E-state index in [1.807, 2.05) is 19.3 Å². The molecule has 0 bridgehead atoms. The summed E-state index contributed by atoms with van der Waals surface area (Å²) in [6.45, 7) is 0.901. The molecule has 0 atom stereocenters. The van der Waals surface area contributed by atoms with Crippen LogP contribution >= 0.6 is 0 Å². The van der Waals surface area contributed by atoms with Crippen molar-refractivity contribution in [3.63, 3.8) is 0 Å². The van der Waals surface area contributed by atoms with Crippen molar-refractivity contribution >= 4 is 0 Å². The number of para-hydroxylation sites is 1. The second kappa shape index (κ2) is 4.34. The fourth-order valence-electron chi connectivity index (χ4n) is 2.29. The van der Waals surface area contributed by atoms with Gasteiger partial charge in [-0.15, -0.1) is 0 Å². The minimum absolute atomic E-state index is 0.709. The summed E-state index contributed by atoms with van der Waals surface area (Å²) in [4.78, 5) is 0. The van der Waals surface area contributed by atoms with E-state index in [2.05, 4.69) is 39.4 Å². The summed E-state index contributed by atoms with van der Waals surface area (Å²) in [6, 6.07) is 10.4. The van der Waals surface area contributed by atoms with Crippen LogP contribution < -0.4 is 5.32 Å². The first-order valence-electron chi connectivity index (χ1n) is 6.17. The molecule has 3 nitrogen and oxygen atoms in total. The largest absolute Gasteiger partial charge is 0.316 e. The Labute approximate surface area is 101 Å². The van der Waals surface area contributed by atoms with Crippen LogP contribution in [0.15, 0.2) is 36.5 Å². The Morgan fingerprint density at radius 3 is 2.71 bits per heavy atom. The molecule has 1 heterocycles. The molecule has 0 unspecified atom stereocenters. The number of nitrogens with zero attached hydrogens (tertiary/aromatic N) is 2. The normalized spacial score (nSPS) is 15.1. The van der Waals surface area contributed by atoms with Crippen LogP contribution in [0, 0.1) is 0 Å². The maximum atomic E-state index is 4.54. The van der Waals surface area contributed by atoms with Crippen LogP contribution in [0.2, 0.25) is 0 Å². The van der Waals surface area contributed by atoms with E-state index in [9.17, 15) is 0 Å². The van der Waals surface area contributed by atoms with Crippen molar-refractivity contribution in [3.8, 4) is 5.69 Å². The number of nitrogens with one attached hydrogen (secondary N) is 1. The molecule has 0 saturated heterocycles. The van der Waals surface area contributed by atoms with Crippen molar-refractivity contribution in [2.75, 3.05) is 7.05 Å². The topological polar surface area (TPSA) is 29.9 Å². The van der Waals surface area contributed by atoms with Gasteiger partial charge >= 0.3 is 0 Å². The molecule has 1 saturated carbocycles. The zero-order valence-corrected chi connectivity index (χ0v) is 10.1. The summed E-state index contributed by atoms with van der Waals surface area (Å²) in [5.41, 5.74) is 3.89. The first-order chi connectivity index (χ1) is 8.40. The van der Waals surface area contributed by atoms with E-state index >= 15 is 0 Å². The molecular weight excluding hydrogens is 210 g/mol. The molecular formula is C14H17N3. The molecule has 1 N–H and O–H groups in total. The van der Waals surface area contributed by atoms with Crippen molar-refractivity contribution in [2.24, 2.45) is 0 Å². The van der Waals surface area contributed by atoms with Crippen molar-refractivity contribution in [3.05, 3.63) is 47.8 Å². The highest BCUT2D eigenvalue weighted by Gasteiger charge is 2.30. The van der Waals surface area contributed by atoms with Gasteiger partial charge in [0.25, 0.3) is 0 Å². The molecule has 1 aliphatic rings. The average molecular weight is 227 g/mol. The smallest absolute Gasteiger partial charge is 0.0649 e. The molecule has 2 aromatic rings. The molecule has 1 aromatic carbocycles. The van der Waals surface area contributed by atoms with Gasteiger partial charge in [-0.3, -0.25) is 0 Å². The van der Waals surface area contributed by atoms with Gasteiger partial charge in [-0.2, -0.15) is 5.10 Å². The summed E-state index contributed by atoms with van der Waals surface area (Å²) in [5.74, 6) is 0.709. The van der Waals surface area contributed by atoms with E-state index in [1.165, 1.54) is 24.1 Å². The summed E-state index contributed by atoms with van der Waals surface area (Å²) >= 11 is 0. The maximum Gasteiger partial charge on any atom is 0.0649 e. The molecule has 3 heteroatoms. The van der Waals surface area contributed by atoms with Crippen LogP contribution in [0.3, 0.4) is 0 Å². The second-order valence-corrected chi connectivity index (χ2v) is 4.61. The SMILES string of the molecule is CNCc1cnn(-c2ccccc2)c1C1CC1. The monoisotopic (exact) mass is 227 g/mol. The highest BCUT2D eigenvalue weighted by molar-refractivity contribution is 5.37. The lowest BCUT2D eigenvalue weighted by atomic mass is 10.1. The van der Waals surface area contributed by atoms with Gasteiger partial charge in [0.05, 0.1) is 17.6 Å². The Hall–Kier alpha value is -1.61. The van der Waals surface area contributed by atoms with Gasteiger partial charge in [0.15, 0.2) is 0 Å². The van der Waals surface area contributed by atoms with Gasteiger partial charge in [-0.25, -0.2) is 4.68 Å². The number of hydrogen-bond donors (Lipinski definition) is 1. The Morgan fingerprint density at radius 1 is 1.29 bits per heavy atom. The van der Waals surface area contributed by atoms with Gasteiger partial charge in [-0.1, -0.05) is 18.2 Å². The first kappa shape index (κ1) is 10.5. The van der Waals surface area contributed by atoms with E-state index in [-0.39, 0.29) is 0 Å². The second-order valence-electron chi connectivity index (χ2n) is 4.61. The standard InChI is InChI=1S/C14H17N3/c1-15-9-12-10-16-17(14(12)11-7-8-11)13-5-3-2-4-6-13/h2-6,10-11,15H,7-9H2,1H3. The number of aromatic nitrogens is 2. The maximum absolute atomic E-state index is 4.54. The summed E-state index contributed by atoms with van der Waals surface area (Å²) in [5, 5.41) is 7.76. The van der Waals surface area contributed by atoms with Gasteiger partial charge in [0.1, 0.15) is 0 Å². The highest BCUT2D eigenvalue weighted by Crippen LogP contribution is 2.42. The predicted octanol–water partition coefficient (Wildman–Crippen LogP) is 2.47. The Balaban J connectivity index is 2.04. The van der Waals surface area contributed by atoms with Gasteiger partial charge < -0.3 is 5.32 Å². The average Bonchev–Trinajstić information content (AvgIpc) is 3.12. The number of hydrogen-bond acceptors (Lipinski definition) is 2. The van der Waals surface area contributed by atoms with Crippen LogP contribution in [0.25, 0.3) is 5.69 Å². The Morgan fingerprint density at radius 2 is 2.06 bits per heavy atom. The fourth-order valence-corrected chi connectivity index (χ4v) is 2.29. The third-order valence-electron chi connectivity index (χ3n) is 3.22. The van der Waals surface area contributed by atoms with Crippen molar-refractivity contribution < 1.29 is 0 Å². The molecule has 0 spiro atoms. The third kappa shape index (κ3) is 1.98. The van der Waals surface area contributed by atoms with Crippen LogP contribution in [0.4, 0.5) is 0 Å². The Bertz CT molecular complexity index is 497. The Kier molecular flexibility index (Phi) is 2.69. The van der Waals surface area contributed by atoms with Crippen LogP contribution in [0.1, 0.15) is 30.0 Å². The molecule has 88 valence electrons. The van der Waals surface area contributed by atoms with Gasteiger partial charge in [-0.05, 0) is 32.0 Å². The molecule has 0 radical (unpaired) electrons. The van der Waals surface area contributed by atoms with E-state index < -0.39 is 0 Å². The molecule has 1 aliphatic carbocycles. The molecule has 1 fully saturated rings. The fraction of sp³-hybridized carbons (Fsp3) is 0.357. The minimum atomic E-state index is 0.709. The van der Waals surface area contributed by atoms with Crippen molar-refractivity contribution in [1.82, 2.24) is 15.1 Å². The molecule has 1 aromatic heterocycles. The van der Waals surface area contributed by atoms with Crippen LogP contribution in [-0.2, 0) is 6.54 Å². The van der Waals surface area contributed by atoms with Crippen LogP contribution in [-0.4, -0.2) is 16.8 Å². The van der Waals surface area contributed by atoms with E-state index in [0.29, 0.717) is 5.92 Å². The molecule has 3 rings (SSSR count). The third-order valence-corrected chi connectivity index (χ3v) is 3.22. The number of rotatable bonds is 4. The highest BCUT2D eigenvalue weighted by atomic mass is 15.3. The van der Waals surface area contributed by atoms with E-state index in [1.54, 1.807) is 0 Å². The summed E-state index contributed by atoms with van der Waals surface area (Å²) < 4.78 is 2.10. The molecule has 17 heavy (non-hydrogen) atoms. The zero-order valence-electron chi connectivity index (χ0n) is 10.1. The minimum Gasteiger partial charge on any atom is -0.316 e. The van der Waals surface area contributed by atoms with E-state index in [4.69, 9.17) is 0 Å². The summed E-state index contributed by atoms with van der Waals surface area (Å²) in [6.07, 6.45) is 4.60. The summed E-state index contributed by atoms with van der Waals surface area (Å²) in [7, 11) is 1.98. The quantitative estimate of drug-likeness (QED) is 0.869. The van der Waals surface area contributed by atoms with Crippen LogP contribution in [0.5, 0.6) is 0 Å². The number of benzene rings is 1. The zero-order chi connectivity index (χ0) is 11.7. The van der Waals surface area contributed by atoms with Crippen molar-refractivity contribution in [1.29, 1.82) is 0 Å². The van der Waals surface area contributed by atoms with Gasteiger partial charge in [0, 0.05) is 18.0 Å². The molecule has 0 aliphatic heterocycles. The lowest BCUT2D eigenvalue weighted by Gasteiger charge is -2.08. The first-order valence-corrected chi connectivity index (χ1v) is 6.17. The predicted molar refractivity (Wildman–Crippen MR) is 68.3 cm³/mol. The lowest BCUT2D eigenvalue weighted by molar-refractivity contribution is 0.775. The van der Waals surface area contributed by atoms with E-state index in [0.717, 1.165) is 12.2 Å².